The van der Waals surface area contributed by atoms with Crippen molar-refractivity contribution >= 4 is 17.3 Å². The van der Waals surface area contributed by atoms with Crippen LogP contribution < -0.4 is 4.90 Å². The first kappa shape index (κ1) is 14.2. The van der Waals surface area contributed by atoms with Gasteiger partial charge in [-0.25, -0.2) is 9.18 Å². The van der Waals surface area contributed by atoms with Crippen LogP contribution in [0.15, 0.2) is 12.1 Å². The molecule has 1 aliphatic carbocycles. The molecule has 1 N–H and O–H groups in total. The fourth-order valence-corrected chi connectivity index (χ4v) is 2.12. The summed E-state index contributed by atoms with van der Waals surface area (Å²) < 4.78 is 13.6. The third-order valence-corrected chi connectivity index (χ3v) is 3.39. The molecule has 108 valence electrons. The standard InChI is InChI=1S/C13H15FN2O4/c1-2-15(7-8-3-4-8)11-5-9(13(17)18)10(14)6-12(11)16(19)20/h5-6,8H,2-4,7H2,1H3,(H,17,18). The number of hydrogen-bond acceptors (Lipinski definition) is 4. The molecule has 0 unspecified atom stereocenters. The topological polar surface area (TPSA) is 83.7 Å². The van der Waals surface area contributed by atoms with Gasteiger partial charge >= 0.3 is 5.97 Å². The Labute approximate surface area is 115 Å². The number of carboxylic acid groups (broad SMARTS) is 1. The first-order valence-electron chi connectivity index (χ1n) is 6.40. The predicted octanol–water partition coefficient (Wildman–Crippen LogP) is 2.67. The Hall–Kier alpha value is -2.18. The summed E-state index contributed by atoms with van der Waals surface area (Å²) in [4.78, 5) is 23.1. The van der Waals surface area contributed by atoms with Gasteiger partial charge in [0.2, 0.25) is 0 Å². The van der Waals surface area contributed by atoms with E-state index in [4.69, 9.17) is 5.11 Å². The van der Waals surface area contributed by atoms with Crippen LogP contribution in [0.3, 0.4) is 0 Å². The molecule has 1 saturated carbocycles. The van der Waals surface area contributed by atoms with E-state index in [-0.39, 0.29) is 5.69 Å². The van der Waals surface area contributed by atoms with E-state index in [2.05, 4.69) is 0 Å². The van der Waals surface area contributed by atoms with Crippen molar-refractivity contribution in [3.8, 4) is 0 Å². The van der Waals surface area contributed by atoms with Crippen molar-refractivity contribution < 1.29 is 19.2 Å². The molecule has 7 heteroatoms. The molecule has 0 saturated heterocycles. The number of benzene rings is 1. The molecule has 0 spiro atoms. The van der Waals surface area contributed by atoms with Gasteiger partial charge in [-0.15, -0.1) is 0 Å². The van der Waals surface area contributed by atoms with Crippen molar-refractivity contribution in [2.75, 3.05) is 18.0 Å². The zero-order chi connectivity index (χ0) is 14.9. The van der Waals surface area contributed by atoms with Crippen molar-refractivity contribution in [1.82, 2.24) is 0 Å². The SMILES string of the molecule is CCN(CC1CC1)c1cc(C(=O)O)c(F)cc1[N+](=O)[O-]. The van der Waals surface area contributed by atoms with Crippen LogP contribution in [-0.2, 0) is 0 Å². The fraction of sp³-hybridized carbons (Fsp3) is 0.462. The Morgan fingerprint density at radius 2 is 2.20 bits per heavy atom. The maximum absolute atomic E-state index is 13.6. The molecule has 1 aliphatic rings. The van der Waals surface area contributed by atoms with E-state index in [1.54, 1.807) is 4.90 Å². The second-order valence-corrected chi connectivity index (χ2v) is 4.87. The van der Waals surface area contributed by atoms with Gasteiger partial charge < -0.3 is 10.0 Å². The van der Waals surface area contributed by atoms with Crippen molar-refractivity contribution in [2.24, 2.45) is 5.92 Å². The number of rotatable bonds is 6. The largest absolute Gasteiger partial charge is 0.478 e. The van der Waals surface area contributed by atoms with Crippen LogP contribution in [0, 0.1) is 21.8 Å². The summed E-state index contributed by atoms with van der Waals surface area (Å²) in [5, 5.41) is 20.0. The molecule has 1 aromatic carbocycles. The lowest BCUT2D eigenvalue weighted by Crippen LogP contribution is -2.26. The summed E-state index contributed by atoms with van der Waals surface area (Å²) in [5.74, 6) is -2.04. The monoisotopic (exact) mass is 282 g/mol. The van der Waals surface area contributed by atoms with Crippen LogP contribution in [0.1, 0.15) is 30.1 Å². The molecule has 20 heavy (non-hydrogen) atoms. The molecule has 6 nitrogen and oxygen atoms in total. The second-order valence-electron chi connectivity index (χ2n) is 4.87. The van der Waals surface area contributed by atoms with Crippen molar-refractivity contribution in [2.45, 2.75) is 19.8 Å². The van der Waals surface area contributed by atoms with Crippen LogP contribution in [0.5, 0.6) is 0 Å². The number of hydrogen-bond donors (Lipinski definition) is 1. The van der Waals surface area contributed by atoms with Gasteiger partial charge in [0.25, 0.3) is 5.69 Å². The Balaban J connectivity index is 2.48. The summed E-state index contributed by atoms with van der Waals surface area (Å²) >= 11 is 0. The second kappa shape index (κ2) is 5.44. The third-order valence-electron chi connectivity index (χ3n) is 3.39. The summed E-state index contributed by atoms with van der Waals surface area (Å²) in [6.45, 7) is 2.96. The number of nitrogens with zero attached hydrogens (tertiary/aromatic N) is 2. The number of nitro groups is 1. The lowest BCUT2D eigenvalue weighted by atomic mass is 10.1. The van der Waals surface area contributed by atoms with Crippen molar-refractivity contribution in [1.29, 1.82) is 0 Å². The lowest BCUT2D eigenvalue weighted by molar-refractivity contribution is -0.384. The normalized spacial score (nSPS) is 14.1. The molecular formula is C13H15FN2O4. The summed E-state index contributed by atoms with van der Waals surface area (Å²) in [7, 11) is 0. The molecule has 0 radical (unpaired) electrons. The Bertz CT molecular complexity index is 558. The summed E-state index contributed by atoms with van der Waals surface area (Å²) in [5.41, 5.74) is -0.766. The fourth-order valence-electron chi connectivity index (χ4n) is 2.12. The number of carboxylic acids is 1. The molecule has 0 amide bonds. The molecule has 2 rings (SSSR count). The Kier molecular flexibility index (Phi) is 3.87. The lowest BCUT2D eigenvalue weighted by Gasteiger charge is -2.23. The van der Waals surface area contributed by atoms with E-state index in [9.17, 15) is 19.3 Å². The highest BCUT2D eigenvalue weighted by molar-refractivity contribution is 5.90. The smallest absolute Gasteiger partial charge is 0.338 e. The van der Waals surface area contributed by atoms with E-state index < -0.39 is 28.0 Å². The molecule has 0 heterocycles. The predicted molar refractivity (Wildman–Crippen MR) is 70.6 cm³/mol. The van der Waals surface area contributed by atoms with Crippen molar-refractivity contribution in [3.63, 3.8) is 0 Å². The van der Waals surface area contributed by atoms with E-state index in [1.165, 1.54) is 0 Å². The quantitative estimate of drug-likeness (QED) is 0.640. The summed E-state index contributed by atoms with van der Waals surface area (Å²) in [6, 6.07) is 1.75. The highest BCUT2D eigenvalue weighted by Crippen LogP contribution is 2.36. The van der Waals surface area contributed by atoms with Gasteiger partial charge in [0.1, 0.15) is 11.5 Å². The maximum Gasteiger partial charge on any atom is 0.338 e. The average Bonchev–Trinajstić information content (AvgIpc) is 3.19. The first-order chi connectivity index (χ1) is 9.43. The van der Waals surface area contributed by atoms with Gasteiger partial charge in [-0.2, -0.15) is 0 Å². The van der Waals surface area contributed by atoms with E-state index >= 15 is 0 Å². The molecule has 0 aromatic heterocycles. The average molecular weight is 282 g/mol. The number of carbonyl (C=O) groups is 1. The van der Waals surface area contributed by atoms with Gasteiger partial charge in [0.15, 0.2) is 0 Å². The molecule has 1 fully saturated rings. The number of aromatic carboxylic acids is 1. The number of nitro benzene ring substituents is 1. The van der Waals surface area contributed by atoms with E-state index in [0.717, 1.165) is 18.9 Å². The Morgan fingerprint density at radius 1 is 1.55 bits per heavy atom. The highest BCUT2D eigenvalue weighted by Gasteiger charge is 2.29. The van der Waals surface area contributed by atoms with Crippen molar-refractivity contribution in [3.05, 3.63) is 33.6 Å². The first-order valence-corrected chi connectivity index (χ1v) is 6.40. The van der Waals surface area contributed by atoms with Crippen LogP contribution in [0.2, 0.25) is 0 Å². The summed E-state index contributed by atoms with van der Waals surface area (Å²) in [6.07, 6.45) is 2.13. The van der Waals surface area contributed by atoms with Gasteiger partial charge in [-0.05, 0) is 31.7 Å². The molecular weight excluding hydrogens is 267 g/mol. The van der Waals surface area contributed by atoms with E-state index in [0.29, 0.717) is 25.1 Å². The zero-order valence-corrected chi connectivity index (χ0v) is 11.0. The van der Waals surface area contributed by atoms with Crippen LogP contribution >= 0.6 is 0 Å². The van der Waals surface area contributed by atoms with Gasteiger partial charge in [-0.3, -0.25) is 10.1 Å². The van der Waals surface area contributed by atoms with Crippen LogP contribution in [0.25, 0.3) is 0 Å². The molecule has 1 aromatic rings. The highest BCUT2D eigenvalue weighted by atomic mass is 19.1. The molecule has 0 bridgehead atoms. The van der Waals surface area contributed by atoms with Gasteiger partial charge in [-0.1, -0.05) is 0 Å². The van der Waals surface area contributed by atoms with Gasteiger partial charge in [0.05, 0.1) is 16.6 Å². The van der Waals surface area contributed by atoms with Gasteiger partial charge in [0, 0.05) is 13.1 Å². The minimum Gasteiger partial charge on any atom is -0.478 e. The van der Waals surface area contributed by atoms with E-state index in [1.807, 2.05) is 6.92 Å². The van der Waals surface area contributed by atoms with Crippen LogP contribution in [-0.4, -0.2) is 29.1 Å². The molecule has 0 atom stereocenters. The number of halogens is 1. The third kappa shape index (κ3) is 2.87. The molecule has 0 aliphatic heterocycles. The zero-order valence-electron chi connectivity index (χ0n) is 11.0. The number of anilines is 1. The van der Waals surface area contributed by atoms with Crippen LogP contribution in [0.4, 0.5) is 15.8 Å². The minimum atomic E-state index is -1.43. The minimum absolute atomic E-state index is 0.170. The maximum atomic E-state index is 13.6. The Morgan fingerprint density at radius 3 is 2.65 bits per heavy atom.